The minimum Gasteiger partial charge on any atom is -0.380 e. The molecule has 2 aliphatic rings. The molecule has 0 amide bonds. The van der Waals surface area contributed by atoms with E-state index in [1.807, 2.05) is 6.20 Å². The summed E-state index contributed by atoms with van der Waals surface area (Å²) in [6.45, 7) is 0. The molecule has 0 saturated carbocycles. The van der Waals surface area contributed by atoms with E-state index < -0.39 is 0 Å². The van der Waals surface area contributed by atoms with Crippen molar-refractivity contribution in [1.82, 2.24) is 5.32 Å². The highest BCUT2D eigenvalue weighted by atomic mass is 32.2. The lowest BCUT2D eigenvalue weighted by molar-refractivity contribution is 0.851. The number of hydrogen-bond acceptors (Lipinski definition) is 2. The van der Waals surface area contributed by atoms with Gasteiger partial charge in [0.25, 0.3) is 0 Å². The maximum absolute atomic E-state index is 3.15. The lowest BCUT2D eigenvalue weighted by Gasteiger charge is -2.09. The molecular weight excluding hydrogens is 130 g/mol. The smallest absolute Gasteiger partial charge is 0.0712 e. The summed E-state index contributed by atoms with van der Waals surface area (Å²) in [5.74, 6) is 0. The fourth-order valence-electron chi connectivity index (χ4n) is 0.897. The van der Waals surface area contributed by atoms with Crippen LogP contribution in [0.25, 0.3) is 0 Å². The van der Waals surface area contributed by atoms with Gasteiger partial charge < -0.3 is 5.32 Å². The Labute approximate surface area is 58.5 Å². The molecule has 1 N–H and O–H groups in total. The van der Waals surface area contributed by atoms with Crippen LogP contribution in [-0.2, 0) is 0 Å². The summed E-state index contributed by atoms with van der Waals surface area (Å²) < 4.78 is 0. The van der Waals surface area contributed by atoms with Crippen LogP contribution in [-0.4, -0.2) is 6.04 Å². The number of nitrogens with one attached hydrogen (secondary N) is 1. The van der Waals surface area contributed by atoms with E-state index in [4.69, 9.17) is 0 Å². The van der Waals surface area contributed by atoms with Crippen molar-refractivity contribution in [1.29, 1.82) is 0 Å². The Morgan fingerprint density at radius 3 is 3.56 bits per heavy atom. The molecule has 0 bridgehead atoms. The molecule has 0 aliphatic carbocycles. The van der Waals surface area contributed by atoms with Crippen molar-refractivity contribution >= 4 is 11.8 Å². The summed E-state index contributed by atoms with van der Waals surface area (Å²) in [6.07, 6.45) is 7.11. The minimum atomic E-state index is 0.409. The standard InChI is InChI=1S/C7H6NS/c1-3-8-7-2-4-9-5-6(1)7/h2-5,7-8H. The summed E-state index contributed by atoms with van der Waals surface area (Å²) >= 11 is 1.71. The van der Waals surface area contributed by atoms with Crippen LogP contribution in [0.2, 0.25) is 0 Å². The molecule has 2 aliphatic heterocycles. The van der Waals surface area contributed by atoms with Gasteiger partial charge in [0.1, 0.15) is 0 Å². The predicted molar refractivity (Wildman–Crippen MR) is 39.6 cm³/mol. The van der Waals surface area contributed by atoms with Crippen LogP contribution < -0.4 is 5.32 Å². The van der Waals surface area contributed by atoms with Crippen molar-refractivity contribution in [2.45, 2.75) is 6.04 Å². The summed E-state index contributed by atoms with van der Waals surface area (Å²) in [7, 11) is 0. The number of fused-ring (bicyclic) bond motifs is 1. The van der Waals surface area contributed by atoms with Gasteiger partial charge in [-0.25, -0.2) is 0 Å². The number of thioether (sulfide) groups is 1. The molecule has 1 nitrogen and oxygen atoms in total. The van der Waals surface area contributed by atoms with Crippen LogP contribution in [0.15, 0.2) is 28.7 Å². The van der Waals surface area contributed by atoms with Gasteiger partial charge >= 0.3 is 0 Å². The molecule has 9 heavy (non-hydrogen) atoms. The molecule has 2 rings (SSSR count). The second kappa shape index (κ2) is 1.95. The highest BCUT2D eigenvalue weighted by Crippen LogP contribution is 2.22. The largest absolute Gasteiger partial charge is 0.380 e. The maximum atomic E-state index is 3.15. The van der Waals surface area contributed by atoms with Crippen molar-refractivity contribution in [2.75, 3.05) is 0 Å². The molecule has 0 saturated heterocycles. The molecule has 1 radical (unpaired) electrons. The van der Waals surface area contributed by atoms with E-state index in [9.17, 15) is 0 Å². The Balaban J connectivity index is 2.29. The van der Waals surface area contributed by atoms with Crippen molar-refractivity contribution in [2.24, 2.45) is 0 Å². The minimum absolute atomic E-state index is 0.409. The van der Waals surface area contributed by atoms with Crippen LogP contribution in [0, 0.1) is 6.08 Å². The molecule has 0 aromatic rings. The van der Waals surface area contributed by atoms with Gasteiger partial charge in [-0.05, 0) is 16.4 Å². The topological polar surface area (TPSA) is 12.0 Å². The molecule has 1 atom stereocenters. The van der Waals surface area contributed by atoms with Crippen molar-refractivity contribution < 1.29 is 0 Å². The summed E-state index contributed by atoms with van der Waals surface area (Å²) in [6, 6.07) is 0.409. The molecular formula is C7H6NS. The number of rotatable bonds is 0. The second-order valence-corrected chi connectivity index (χ2v) is 2.75. The average Bonchev–Trinajstić information content (AvgIpc) is 2.33. The molecule has 0 fully saturated rings. The van der Waals surface area contributed by atoms with E-state index in [1.54, 1.807) is 11.8 Å². The number of hydrogen-bond donors (Lipinski definition) is 1. The lowest BCUT2D eigenvalue weighted by Crippen LogP contribution is -2.18. The van der Waals surface area contributed by atoms with E-state index in [0.29, 0.717) is 6.04 Å². The molecule has 0 aromatic heterocycles. The van der Waals surface area contributed by atoms with Crippen LogP contribution in [0.4, 0.5) is 0 Å². The second-order valence-electron chi connectivity index (χ2n) is 1.97. The predicted octanol–water partition coefficient (Wildman–Crippen LogP) is 1.42. The zero-order valence-electron chi connectivity index (χ0n) is 4.79. The van der Waals surface area contributed by atoms with Crippen LogP contribution in [0.3, 0.4) is 0 Å². The fourth-order valence-corrected chi connectivity index (χ4v) is 1.59. The van der Waals surface area contributed by atoms with Crippen LogP contribution in [0.5, 0.6) is 0 Å². The van der Waals surface area contributed by atoms with Gasteiger partial charge in [-0.2, -0.15) is 0 Å². The highest BCUT2D eigenvalue weighted by molar-refractivity contribution is 8.05. The Kier molecular flexibility index (Phi) is 1.12. The van der Waals surface area contributed by atoms with E-state index in [2.05, 4.69) is 28.3 Å². The summed E-state index contributed by atoms with van der Waals surface area (Å²) in [5.41, 5.74) is 1.25. The lowest BCUT2D eigenvalue weighted by atomic mass is 10.2. The average molecular weight is 136 g/mol. The van der Waals surface area contributed by atoms with E-state index in [-0.39, 0.29) is 0 Å². The van der Waals surface area contributed by atoms with Gasteiger partial charge in [0, 0.05) is 12.3 Å². The van der Waals surface area contributed by atoms with Crippen molar-refractivity contribution in [3.63, 3.8) is 0 Å². The maximum Gasteiger partial charge on any atom is 0.0712 e. The Hall–Kier alpha value is -0.630. The quantitative estimate of drug-likeness (QED) is 0.540. The van der Waals surface area contributed by atoms with Gasteiger partial charge in [0.05, 0.1) is 6.04 Å². The first kappa shape index (κ1) is 5.18. The molecule has 2 heteroatoms. The van der Waals surface area contributed by atoms with E-state index >= 15 is 0 Å². The SMILES string of the molecule is [C]1=CNC2C=CSC=C12. The first-order valence-corrected chi connectivity index (χ1v) is 3.77. The molecule has 1 unspecified atom stereocenters. The zero-order chi connectivity index (χ0) is 6.10. The molecule has 2 heterocycles. The van der Waals surface area contributed by atoms with Crippen LogP contribution >= 0.6 is 11.8 Å². The van der Waals surface area contributed by atoms with Gasteiger partial charge in [-0.1, -0.05) is 6.08 Å². The third kappa shape index (κ3) is 0.793. The first-order valence-electron chi connectivity index (χ1n) is 2.83. The fraction of sp³-hybridized carbons (Fsp3) is 0.143. The van der Waals surface area contributed by atoms with Crippen molar-refractivity contribution in [3.8, 4) is 0 Å². The van der Waals surface area contributed by atoms with Gasteiger partial charge in [-0.15, -0.1) is 11.8 Å². The molecule has 0 spiro atoms. The third-order valence-electron chi connectivity index (χ3n) is 1.38. The van der Waals surface area contributed by atoms with Gasteiger partial charge in [0.15, 0.2) is 0 Å². The normalized spacial score (nSPS) is 29.3. The van der Waals surface area contributed by atoms with E-state index in [0.717, 1.165) is 0 Å². The summed E-state index contributed by atoms with van der Waals surface area (Å²) in [4.78, 5) is 0. The van der Waals surface area contributed by atoms with Crippen molar-refractivity contribution in [3.05, 3.63) is 34.7 Å². The monoisotopic (exact) mass is 136 g/mol. The zero-order valence-corrected chi connectivity index (χ0v) is 5.61. The Morgan fingerprint density at radius 2 is 2.67 bits per heavy atom. The third-order valence-corrected chi connectivity index (χ3v) is 2.09. The summed E-state index contributed by atoms with van der Waals surface area (Å²) in [5, 5.41) is 7.35. The molecule has 0 aromatic carbocycles. The van der Waals surface area contributed by atoms with Gasteiger partial charge in [-0.3, -0.25) is 0 Å². The Bertz CT molecular complexity index is 203. The Morgan fingerprint density at radius 1 is 1.67 bits per heavy atom. The molecule has 45 valence electrons. The highest BCUT2D eigenvalue weighted by Gasteiger charge is 2.13. The van der Waals surface area contributed by atoms with Gasteiger partial charge in [0.2, 0.25) is 0 Å². The first-order chi connectivity index (χ1) is 4.47. The van der Waals surface area contributed by atoms with E-state index in [1.165, 1.54) is 5.57 Å². The van der Waals surface area contributed by atoms with Crippen LogP contribution in [0.1, 0.15) is 0 Å².